The van der Waals surface area contributed by atoms with Gasteiger partial charge in [0.1, 0.15) is 0 Å². The van der Waals surface area contributed by atoms with Gasteiger partial charge in [0, 0.05) is 28.3 Å². The van der Waals surface area contributed by atoms with E-state index in [0.29, 0.717) is 28.1 Å². The molecule has 0 bridgehead atoms. The lowest BCUT2D eigenvalue weighted by atomic mass is 9.80. The molecule has 1 aliphatic carbocycles. The van der Waals surface area contributed by atoms with Crippen LogP contribution in [0.3, 0.4) is 0 Å². The Morgan fingerprint density at radius 2 is 1.74 bits per heavy atom. The number of rotatable bonds is 6. The van der Waals surface area contributed by atoms with Crippen LogP contribution in [-0.4, -0.2) is 38.0 Å². The molecule has 0 saturated heterocycles. The van der Waals surface area contributed by atoms with Gasteiger partial charge in [0.05, 0.1) is 35.0 Å². The highest BCUT2D eigenvalue weighted by atomic mass is 35.5. The summed E-state index contributed by atoms with van der Waals surface area (Å²) in [6, 6.07) is 10.4. The van der Waals surface area contributed by atoms with Crippen LogP contribution in [0, 0.1) is 0 Å². The first kappa shape index (κ1) is 23.9. The summed E-state index contributed by atoms with van der Waals surface area (Å²) in [5, 5.41) is 3.46. The standard InChI is InChI=1S/C25H21Cl2NO6/c1-4-33-18(29)11-34-24-16(26)9-13(10-17(24)27)20-19(25(31)32-3)12(2)28-22-14-7-5-6-8-15(14)23(30)21(20)22/h5-10,20,28H,4,11H2,1-3H3/t20-/m1/s1. The molecule has 1 heterocycles. The van der Waals surface area contributed by atoms with Crippen LogP contribution in [-0.2, 0) is 19.1 Å². The van der Waals surface area contributed by atoms with Crippen LogP contribution in [0.2, 0.25) is 10.0 Å². The molecule has 1 aliphatic heterocycles. The van der Waals surface area contributed by atoms with Crippen molar-refractivity contribution in [1.29, 1.82) is 0 Å². The zero-order valence-electron chi connectivity index (χ0n) is 18.7. The summed E-state index contributed by atoms with van der Waals surface area (Å²) in [6.45, 7) is 3.28. The zero-order chi connectivity index (χ0) is 24.6. The molecule has 176 valence electrons. The molecule has 0 saturated carbocycles. The molecule has 0 radical (unpaired) electrons. The SMILES string of the molecule is CCOC(=O)COc1c(Cl)cc([C@@H]2C(C(=O)OC)=C(C)NC3=C2C(=O)c2ccccc23)cc1Cl. The Morgan fingerprint density at radius 1 is 1.09 bits per heavy atom. The third kappa shape index (κ3) is 4.06. The number of benzene rings is 2. The molecule has 7 nitrogen and oxygen atoms in total. The average Bonchev–Trinajstić information content (AvgIpc) is 3.09. The van der Waals surface area contributed by atoms with Gasteiger partial charge in [0.2, 0.25) is 0 Å². The minimum Gasteiger partial charge on any atom is -0.479 e. The summed E-state index contributed by atoms with van der Waals surface area (Å²) < 4.78 is 15.4. The van der Waals surface area contributed by atoms with Gasteiger partial charge in [0.25, 0.3) is 0 Å². The van der Waals surface area contributed by atoms with Crippen molar-refractivity contribution in [2.45, 2.75) is 19.8 Å². The van der Waals surface area contributed by atoms with Crippen LogP contribution in [0.4, 0.5) is 0 Å². The van der Waals surface area contributed by atoms with E-state index in [1.54, 1.807) is 38.1 Å². The molecule has 2 aromatic carbocycles. The predicted molar refractivity (Wildman–Crippen MR) is 127 cm³/mol. The minimum atomic E-state index is -0.780. The summed E-state index contributed by atoms with van der Waals surface area (Å²) in [7, 11) is 1.28. The third-order valence-corrected chi connectivity index (χ3v) is 6.21. The number of carbonyl (C=O) groups is 3. The van der Waals surface area contributed by atoms with Crippen molar-refractivity contribution in [2.75, 3.05) is 20.3 Å². The number of hydrogen-bond donors (Lipinski definition) is 1. The molecule has 0 unspecified atom stereocenters. The van der Waals surface area contributed by atoms with Crippen molar-refractivity contribution in [3.8, 4) is 5.75 Å². The zero-order valence-corrected chi connectivity index (χ0v) is 20.2. The van der Waals surface area contributed by atoms with Crippen LogP contribution >= 0.6 is 23.2 Å². The van der Waals surface area contributed by atoms with Crippen molar-refractivity contribution in [3.63, 3.8) is 0 Å². The number of methoxy groups -OCH3 is 1. The molecule has 9 heteroatoms. The maximum atomic E-state index is 13.4. The number of allylic oxidation sites excluding steroid dienone is 2. The first-order chi connectivity index (χ1) is 16.3. The molecule has 2 aromatic rings. The van der Waals surface area contributed by atoms with E-state index in [-0.39, 0.29) is 40.4 Å². The largest absolute Gasteiger partial charge is 0.479 e. The number of esters is 2. The van der Waals surface area contributed by atoms with Crippen LogP contribution in [0.5, 0.6) is 5.75 Å². The van der Waals surface area contributed by atoms with Gasteiger partial charge in [-0.1, -0.05) is 47.5 Å². The molecule has 4 rings (SSSR count). The Bertz CT molecular complexity index is 1260. The van der Waals surface area contributed by atoms with E-state index in [0.717, 1.165) is 5.56 Å². The number of hydrogen-bond acceptors (Lipinski definition) is 7. The van der Waals surface area contributed by atoms with Gasteiger partial charge in [-0.25, -0.2) is 9.59 Å². The van der Waals surface area contributed by atoms with Crippen LogP contribution < -0.4 is 10.1 Å². The lowest BCUT2D eigenvalue weighted by Crippen LogP contribution is -2.29. The fourth-order valence-corrected chi connectivity index (χ4v) is 4.87. The first-order valence-corrected chi connectivity index (χ1v) is 11.3. The van der Waals surface area contributed by atoms with Crippen LogP contribution in [0.15, 0.2) is 53.2 Å². The van der Waals surface area contributed by atoms with Crippen molar-refractivity contribution in [1.82, 2.24) is 5.32 Å². The first-order valence-electron chi connectivity index (χ1n) is 10.5. The fourth-order valence-electron chi connectivity index (χ4n) is 4.26. The lowest BCUT2D eigenvalue weighted by Gasteiger charge is -2.29. The topological polar surface area (TPSA) is 90.9 Å². The van der Waals surface area contributed by atoms with Gasteiger partial charge in [-0.2, -0.15) is 0 Å². The van der Waals surface area contributed by atoms with Crippen LogP contribution in [0.1, 0.15) is 41.3 Å². The van der Waals surface area contributed by atoms with Gasteiger partial charge in [-0.05, 0) is 31.5 Å². The molecular weight excluding hydrogens is 481 g/mol. The predicted octanol–water partition coefficient (Wildman–Crippen LogP) is 4.68. The molecule has 1 N–H and O–H groups in total. The number of Topliss-reactive ketones (excluding diaryl/α,β-unsaturated/α-hetero) is 1. The van der Waals surface area contributed by atoms with E-state index >= 15 is 0 Å². The quantitative estimate of drug-likeness (QED) is 0.574. The summed E-state index contributed by atoms with van der Waals surface area (Å²) in [6.07, 6.45) is 0. The Labute approximate surface area is 206 Å². The van der Waals surface area contributed by atoms with Gasteiger partial charge in [-0.3, -0.25) is 4.79 Å². The molecule has 34 heavy (non-hydrogen) atoms. The van der Waals surface area contributed by atoms with Crippen molar-refractivity contribution in [2.24, 2.45) is 0 Å². The number of carbonyl (C=O) groups excluding carboxylic acids is 3. The van der Waals surface area contributed by atoms with Crippen molar-refractivity contribution < 1.29 is 28.6 Å². The molecule has 0 spiro atoms. The van der Waals surface area contributed by atoms with E-state index in [1.165, 1.54) is 7.11 Å². The number of ether oxygens (including phenoxy) is 3. The molecule has 0 fully saturated rings. The van der Waals surface area contributed by atoms with Gasteiger partial charge < -0.3 is 19.5 Å². The summed E-state index contributed by atoms with van der Waals surface area (Å²) >= 11 is 12.9. The average molecular weight is 502 g/mol. The number of nitrogens with one attached hydrogen (secondary N) is 1. The maximum absolute atomic E-state index is 13.4. The number of dihydropyridines is 1. The number of halogens is 2. The Morgan fingerprint density at radius 3 is 2.35 bits per heavy atom. The lowest BCUT2D eigenvalue weighted by molar-refractivity contribution is -0.145. The summed E-state index contributed by atoms with van der Waals surface area (Å²) in [4.78, 5) is 37.9. The van der Waals surface area contributed by atoms with Crippen molar-refractivity contribution >= 4 is 46.6 Å². The minimum absolute atomic E-state index is 0.102. The fraction of sp³-hybridized carbons (Fsp3) is 0.240. The highest BCUT2D eigenvalue weighted by Gasteiger charge is 2.43. The second kappa shape index (κ2) is 9.52. The Kier molecular flexibility index (Phi) is 6.68. The second-order valence-corrected chi connectivity index (χ2v) is 8.47. The smallest absolute Gasteiger partial charge is 0.344 e. The van der Waals surface area contributed by atoms with E-state index in [9.17, 15) is 14.4 Å². The van der Waals surface area contributed by atoms with Gasteiger partial charge in [0.15, 0.2) is 18.1 Å². The molecule has 1 atom stereocenters. The van der Waals surface area contributed by atoms with Crippen LogP contribution in [0.25, 0.3) is 5.70 Å². The maximum Gasteiger partial charge on any atom is 0.344 e. The van der Waals surface area contributed by atoms with E-state index < -0.39 is 17.9 Å². The van der Waals surface area contributed by atoms with Gasteiger partial charge in [-0.15, -0.1) is 0 Å². The highest BCUT2D eigenvalue weighted by molar-refractivity contribution is 6.37. The van der Waals surface area contributed by atoms with E-state index in [1.807, 2.05) is 12.1 Å². The molecular formula is C25H21Cl2NO6. The normalized spacial score (nSPS) is 16.6. The summed E-state index contributed by atoms with van der Waals surface area (Å²) in [5.41, 5.74) is 3.65. The second-order valence-electron chi connectivity index (χ2n) is 7.66. The molecule has 2 aliphatic rings. The number of ketones is 1. The highest BCUT2D eigenvalue weighted by Crippen LogP contribution is 2.48. The molecule has 0 amide bonds. The van der Waals surface area contributed by atoms with E-state index in [2.05, 4.69) is 5.32 Å². The third-order valence-electron chi connectivity index (χ3n) is 5.65. The number of fused-ring (bicyclic) bond motifs is 2. The van der Waals surface area contributed by atoms with E-state index in [4.69, 9.17) is 37.4 Å². The summed E-state index contributed by atoms with van der Waals surface area (Å²) in [5.74, 6) is -2.03. The molecule has 0 aromatic heterocycles. The van der Waals surface area contributed by atoms with Gasteiger partial charge >= 0.3 is 11.9 Å². The Balaban J connectivity index is 1.81. The Hall–Kier alpha value is -3.29. The monoisotopic (exact) mass is 501 g/mol. The van der Waals surface area contributed by atoms with Crippen molar-refractivity contribution in [3.05, 3.63) is 80.0 Å².